The molecule has 0 fully saturated rings. The fraction of sp³-hybridized carbons (Fsp3) is 0.273. The molecule has 6 heteroatoms. The van der Waals surface area contributed by atoms with Crippen molar-refractivity contribution in [3.63, 3.8) is 0 Å². The summed E-state index contributed by atoms with van der Waals surface area (Å²) in [6.45, 7) is 7.33. The van der Waals surface area contributed by atoms with Crippen LogP contribution in [0, 0.1) is 5.82 Å². The van der Waals surface area contributed by atoms with Gasteiger partial charge in [-0.3, -0.25) is 4.57 Å². The summed E-state index contributed by atoms with van der Waals surface area (Å²) in [5.74, 6) is 2.12. The minimum absolute atomic E-state index is 0.229. The smallest absolute Gasteiger partial charge is 0.192 e. The van der Waals surface area contributed by atoms with Gasteiger partial charge in [-0.2, -0.15) is 0 Å². The lowest BCUT2D eigenvalue weighted by atomic mass is 10.2. The maximum absolute atomic E-state index is 13.1. The van der Waals surface area contributed by atoms with E-state index < -0.39 is 0 Å². The first-order valence-corrected chi connectivity index (χ1v) is 10.3. The Hall–Kier alpha value is -2.60. The van der Waals surface area contributed by atoms with E-state index in [0.29, 0.717) is 12.3 Å². The van der Waals surface area contributed by atoms with Gasteiger partial charge in [0.15, 0.2) is 11.0 Å². The van der Waals surface area contributed by atoms with Crippen LogP contribution in [0.2, 0.25) is 0 Å². The van der Waals surface area contributed by atoms with E-state index in [1.54, 1.807) is 23.9 Å². The molecule has 0 aliphatic carbocycles. The van der Waals surface area contributed by atoms with Gasteiger partial charge in [-0.05, 0) is 48.4 Å². The van der Waals surface area contributed by atoms with E-state index in [2.05, 4.69) is 23.7 Å². The van der Waals surface area contributed by atoms with Crippen LogP contribution in [0.3, 0.4) is 0 Å². The largest absolute Gasteiger partial charge is 0.494 e. The van der Waals surface area contributed by atoms with Gasteiger partial charge in [0.25, 0.3) is 0 Å². The molecule has 2 aromatic carbocycles. The topological polar surface area (TPSA) is 39.9 Å². The number of benzene rings is 2. The molecule has 0 atom stereocenters. The molecule has 0 unspecified atom stereocenters. The first-order valence-electron chi connectivity index (χ1n) is 9.36. The number of thioether (sulfide) groups is 1. The lowest BCUT2D eigenvalue weighted by Gasteiger charge is -2.09. The zero-order valence-electron chi connectivity index (χ0n) is 16.0. The average Bonchev–Trinajstić information content (AvgIpc) is 3.11. The van der Waals surface area contributed by atoms with Gasteiger partial charge in [0, 0.05) is 17.9 Å². The van der Waals surface area contributed by atoms with Crippen molar-refractivity contribution in [1.29, 1.82) is 0 Å². The van der Waals surface area contributed by atoms with Gasteiger partial charge in [-0.1, -0.05) is 43.3 Å². The van der Waals surface area contributed by atoms with Crippen LogP contribution in [0.5, 0.6) is 5.75 Å². The average molecular weight is 398 g/mol. The summed E-state index contributed by atoms with van der Waals surface area (Å²) in [6.07, 6.45) is 3.99. The third-order valence-corrected chi connectivity index (χ3v) is 5.23. The van der Waals surface area contributed by atoms with Crippen LogP contribution in [-0.2, 0) is 12.3 Å². The van der Waals surface area contributed by atoms with Crippen molar-refractivity contribution in [2.24, 2.45) is 0 Å². The van der Waals surface area contributed by atoms with Crippen LogP contribution < -0.4 is 4.74 Å². The Bertz CT molecular complexity index is 891. The van der Waals surface area contributed by atoms with Gasteiger partial charge in [-0.25, -0.2) is 4.39 Å². The van der Waals surface area contributed by atoms with E-state index in [0.717, 1.165) is 47.3 Å². The highest BCUT2D eigenvalue weighted by atomic mass is 32.2. The molecular weight excluding hydrogens is 373 g/mol. The second-order valence-electron chi connectivity index (χ2n) is 6.35. The molecule has 28 heavy (non-hydrogen) atoms. The Morgan fingerprint density at radius 2 is 1.86 bits per heavy atom. The van der Waals surface area contributed by atoms with Crippen molar-refractivity contribution in [2.75, 3.05) is 6.61 Å². The van der Waals surface area contributed by atoms with E-state index in [-0.39, 0.29) is 5.82 Å². The summed E-state index contributed by atoms with van der Waals surface area (Å²) in [6, 6.07) is 14.4. The number of rotatable bonds is 10. The molecule has 0 N–H and O–H groups in total. The first-order chi connectivity index (χ1) is 13.7. The molecule has 0 saturated heterocycles. The van der Waals surface area contributed by atoms with Gasteiger partial charge in [-0.15, -0.1) is 16.8 Å². The quantitative estimate of drug-likeness (QED) is 0.248. The predicted molar refractivity (Wildman–Crippen MR) is 112 cm³/mol. The fourth-order valence-electron chi connectivity index (χ4n) is 2.67. The first kappa shape index (κ1) is 20.1. The number of ether oxygens (including phenoxy) is 1. The summed E-state index contributed by atoms with van der Waals surface area (Å²) in [7, 11) is 0. The highest BCUT2D eigenvalue weighted by Gasteiger charge is 2.14. The molecule has 0 spiro atoms. The molecule has 3 aromatic rings. The van der Waals surface area contributed by atoms with E-state index in [4.69, 9.17) is 4.74 Å². The normalized spacial score (nSPS) is 10.8. The van der Waals surface area contributed by atoms with Crippen molar-refractivity contribution in [2.45, 2.75) is 37.2 Å². The number of allylic oxidation sites excluding steroid dienone is 1. The molecule has 1 heterocycles. The SMILES string of the molecule is C=CCn1c(SCc2ccc(F)cc2)nnc1-c1ccc(OCCCC)cc1. The highest BCUT2D eigenvalue weighted by molar-refractivity contribution is 7.98. The number of hydrogen-bond acceptors (Lipinski definition) is 4. The number of hydrogen-bond donors (Lipinski definition) is 0. The minimum atomic E-state index is -0.229. The molecule has 3 rings (SSSR count). The molecule has 0 aliphatic rings. The maximum Gasteiger partial charge on any atom is 0.192 e. The second-order valence-corrected chi connectivity index (χ2v) is 7.29. The molecule has 4 nitrogen and oxygen atoms in total. The van der Waals surface area contributed by atoms with Gasteiger partial charge in [0.1, 0.15) is 11.6 Å². The number of halogens is 1. The summed E-state index contributed by atoms with van der Waals surface area (Å²) in [5.41, 5.74) is 2.01. The van der Waals surface area contributed by atoms with E-state index in [1.807, 2.05) is 34.9 Å². The third-order valence-electron chi connectivity index (χ3n) is 4.19. The predicted octanol–water partition coefficient (Wildman–Crippen LogP) is 5.74. The lowest BCUT2D eigenvalue weighted by Crippen LogP contribution is -2.01. The fourth-order valence-corrected chi connectivity index (χ4v) is 3.57. The van der Waals surface area contributed by atoms with Gasteiger partial charge < -0.3 is 4.74 Å². The summed E-state index contributed by atoms with van der Waals surface area (Å²) in [5, 5.41) is 9.54. The van der Waals surface area contributed by atoms with Gasteiger partial charge >= 0.3 is 0 Å². The number of nitrogens with zero attached hydrogens (tertiary/aromatic N) is 3. The Morgan fingerprint density at radius 1 is 1.11 bits per heavy atom. The lowest BCUT2D eigenvalue weighted by molar-refractivity contribution is 0.309. The second kappa shape index (κ2) is 10.1. The molecule has 0 radical (unpaired) electrons. The number of unbranched alkanes of at least 4 members (excludes halogenated alkanes) is 1. The maximum atomic E-state index is 13.1. The Balaban J connectivity index is 1.74. The van der Waals surface area contributed by atoms with Crippen molar-refractivity contribution >= 4 is 11.8 Å². The highest BCUT2D eigenvalue weighted by Crippen LogP contribution is 2.27. The molecule has 0 aliphatic heterocycles. The van der Waals surface area contributed by atoms with Crippen molar-refractivity contribution in [3.8, 4) is 17.1 Å². The van der Waals surface area contributed by atoms with Crippen LogP contribution in [0.15, 0.2) is 66.3 Å². The van der Waals surface area contributed by atoms with Crippen LogP contribution in [0.25, 0.3) is 11.4 Å². The van der Waals surface area contributed by atoms with Crippen molar-refractivity contribution < 1.29 is 9.13 Å². The molecule has 146 valence electrons. The van der Waals surface area contributed by atoms with Crippen LogP contribution >= 0.6 is 11.8 Å². The van der Waals surface area contributed by atoms with Crippen LogP contribution in [0.1, 0.15) is 25.3 Å². The summed E-state index contributed by atoms with van der Waals surface area (Å²) in [4.78, 5) is 0. The van der Waals surface area contributed by atoms with E-state index in [1.165, 1.54) is 12.1 Å². The Morgan fingerprint density at radius 3 is 2.54 bits per heavy atom. The zero-order valence-corrected chi connectivity index (χ0v) is 16.8. The molecular formula is C22H24FN3OS. The van der Waals surface area contributed by atoms with Crippen LogP contribution in [0.4, 0.5) is 4.39 Å². The van der Waals surface area contributed by atoms with Gasteiger partial charge in [0.2, 0.25) is 0 Å². The van der Waals surface area contributed by atoms with Gasteiger partial charge in [0.05, 0.1) is 6.61 Å². The summed E-state index contributed by atoms with van der Waals surface area (Å²) < 4.78 is 20.8. The molecule has 0 bridgehead atoms. The molecule has 0 saturated carbocycles. The van der Waals surface area contributed by atoms with Crippen molar-refractivity contribution in [3.05, 3.63) is 72.6 Å². The standard InChI is InChI=1S/C22H24FN3OS/c1-3-5-15-27-20-12-8-18(9-13-20)21-24-25-22(26(21)14-4-2)28-16-17-6-10-19(23)11-7-17/h4,6-13H,2-3,5,14-16H2,1H3. The molecule has 0 amide bonds. The van der Waals surface area contributed by atoms with Crippen molar-refractivity contribution in [1.82, 2.24) is 14.8 Å². The Kier molecular flexibility index (Phi) is 7.25. The third kappa shape index (κ3) is 5.23. The zero-order chi connectivity index (χ0) is 19.8. The van der Waals surface area contributed by atoms with E-state index >= 15 is 0 Å². The molecule has 1 aromatic heterocycles. The number of aromatic nitrogens is 3. The Labute approximate surface area is 169 Å². The minimum Gasteiger partial charge on any atom is -0.494 e. The van der Waals surface area contributed by atoms with Crippen LogP contribution in [-0.4, -0.2) is 21.4 Å². The van der Waals surface area contributed by atoms with E-state index in [9.17, 15) is 4.39 Å². The summed E-state index contributed by atoms with van der Waals surface area (Å²) >= 11 is 1.57. The monoisotopic (exact) mass is 397 g/mol.